The van der Waals surface area contributed by atoms with Crippen molar-refractivity contribution in [1.29, 1.82) is 0 Å². The Morgan fingerprint density at radius 1 is 1.07 bits per heavy atom. The molecule has 0 aliphatic carbocycles. The number of nitrogens with zero attached hydrogens (tertiary/aromatic N) is 8. The highest BCUT2D eigenvalue weighted by molar-refractivity contribution is 6.03. The van der Waals surface area contributed by atoms with Gasteiger partial charge in [0.15, 0.2) is 12.2 Å². The van der Waals surface area contributed by atoms with Crippen LogP contribution in [0.2, 0.25) is 0 Å². The van der Waals surface area contributed by atoms with Crippen molar-refractivity contribution in [3.63, 3.8) is 0 Å². The number of hydrogen-bond donors (Lipinski definition) is 1. The number of amides is 4. The Kier molecular flexibility index (Phi) is 6.87. The summed E-state index contributed by atoms with van der Waals surface area (Å²) >= 11 is 0. The Bertz CT molecular complexity index is 1470. The summed E-state index contributed by atoms with van der Waals surface area (Å²) in [5.74, 6) is -2.19. The largest absolute Gasteiger partial charge is 0.451 e. The fraction of sp³-hybridized carbons (Fsp3) is 0.280. The molecular formula is C25H22F3N9O3. The van der Waals surface area contributed by atoms with E-state index < -0.39 is 48.1 Å². The summed E-state index contributed by atoms with van der Waals surface area (Å²) in [6.45, 7) is 1.54. The predicted octanol–water partition coefficient (Wildman–Crippen LogP) is 2.41. The van der Waals surface area contributed by atoms with E-state index in [2.05, 4.69) is 30.2 Å². The SMILES string of the molecule is C[C@@H](C(=O)Nc1cccc(-c2cnc(C(F)(F)F)nc2)n1)N1C=NC2C1C(=O)N(Cc1ccccn1)C(=O)N2C. The number of alkyl halides is 3. The molecule has 40 heavy (non-hydrogen) atoms. The summed E-state index contributed by atoms with van der Waals surface area (Å²) in [4.78, 5) is 62.9. The number of carbonyl (C=O) groups is 3. The second kappa shape index (κ2) is 10.3. The normalized spacial score (nSPS) is 19.6. The molecule has 0 radical (unpaired) electrons. The maximum absolute atomic E-state index is 13.5. The number of imide groups is 1. The van der Waals surface area contributed by atoms with Crippen molar-refractivity contribution in [3.05, 3.63) is 66.5 Å². The van der Waals surface area contributed by atoms with E-state index >= 15 is 0 Å². The van der Waals surface area contributed by atoms with E-state index in [1.807, 2.05) is 0 Å². The molecule has 5 heterocycles. The van der Waals surface area contributed by atoms with Crippen LogP contribution in [0.4, 0.5) is 23.8 Å². The highest BCUT2D eigenvalue weighted by atomic mass is 19.4. The molecule has 3 atom stereocenters. The summed E-state index contributed by atoms with van der Waals surface area (Å²) in [6.07, 6.45) is -0.558. The molecule has 2 aliphatic rings. The molecule has 15 heteroatoms. The number of fused-ring (bicyclic) bond motifs is 1. The Labute approximate surface area is 225 Å². The predicted molar refractivity (Wildman–Crippen MR) is 134 cm³/mol. The van der Waals surface area contributed by atoms with E-state index in [9.17, 15) is 27.6 Å². The minimum absolute atomic E-state index is 0.0368. The molecule has 0 aromatic carbocycles. The van der Waals surface area contributed by atoms with Crippen molar-refractivity contribution in [1.82, 2.24) is 34.6 Å². The summed E-state index contributed by atoms with van der Waals surface area (Å²) in [5.41, 5.74) is 0.992. The van der Waals surface area contributed by atoms with Crippen LogP contribution in [0.3, 0.4) is 0 Å². The van der Waals surface area contributed by atoms with Crippen LogP contribution >= 0.6 is 0 Å². The van der Waals surface area contributed by atoms with Crippen molar-refractivity contribution in [2.45, 2.75) is 37.9 Å². The third-order valence-electron chi connectivity index (χ3n) is 6.48. The minimum Gasteiger partial charge on any atom is -0.335 e. The van der Waals surface area contributed by atoms with E-state index in [4.69, 9.17) is 0 Å². The van der Waals surface area contributed by atoms with E-state index in [-0.39, 0.29) is 23.6 Å². The molecular weight excluding hydrogens is 531 g/mol. The molecule has 4 amide bonds. The zero-order chi connectivity index (χ0) is 28.6. The number of rotatable bonds is 6. The van der Waals surface area contributed by atoms with Crippen LogP contribution in [0.1, 0.15) is 18.4 Å². The standard InChI is InChI=1S/C25H22F3N9O3/c1-14(21(38)34-18-8-5-7-17(33-18)15-10-30-23(31-11-15)25(26,27)28)37-13-32-20-19(37)22(39)36(24(40)35(20)2)12-16-6-3-4-9-29-16/h3-11,13-14,19-20H,12H2,1-2H3,(H,33,34,38)/t14-,19?,20?/m0/s1. The molecule has 2 aliphatic heterocycles. The van der Waals surface area contributed by atoms with Crippen LogP contribution in [-0.2, 0) is 22.3 Å². The number of aliphatic imine (C=N–C) groups is 1. The molecule has 3 aromatic rings. The van der Waals surface area contributed by atoms with Gasteiger partial charge in [-0.05, 0) is 31.2 Å². The average Bonchev–Trinajstić information content (AvgIpc) is 3.39. The first-order valence-corrected chi connectivity index (χ1v) is 12.0. The molecule has 3 aromatic heterocycles. The Hall–Kier alpha value is -4.95. The number of halogens is 3. The lowest BCUT2D eigenvalue weighted by Gasteiger charge is -2.42. The Balaban J connectivity index is 1.31. The molecule has 1 fully saturated rings. The van der Waals surface area contributed by atoms with Crippen molar-refractivity contribution in [2.75, 3.05) is 12.4 Å². The van der Waals surface area contributed by atoms with Gasteiger partial charge in [0.2, 0.25) is 11.7 Å². The molecule has 2 unspecified atom stereocenters. The highest BCUT2D eigenvalue weighted by Gasteiger charge is 2.51. The van der Waals surface area contributed by atoms with Crippen LogP contribution in [-0.4, -0.2) is 84.1 Å². The first kappa shape index (κ1) is 26.6. The van der Waals surface area contributed by atoms with Gasteiger partial charge in [0.05, 0.1) is 24.3 Å². The average molecular weight is 554 g/mol. The molecule has 206 valence electrons. The highest BCUT2D eigenvalue weighted by Crippen LogP contribution is 2.29. The Morgan fingerprint density at radius 2 is 1.82 bits per heavy atom. The van der Waals surface area contributed by atoms with Gasteiger partial charge < -0.3 is 15.1 Å². The van der Waals surface area contributed by atoms with Gasteiger partial charge in [-0.2, -0.15) is 13.2 Å². The number of aromatic nitrogens is 4. The van der Waals surface area contributed by atoms with Crippen molar-refractivity contribution in [3.8, 4) is 11.3 Å². The van der Waals surface area contributed by atoms with E-state index in [1.54, 1.807) is 37.4 Å². The number of nitrogens with one attached hydrogen (secondary N) is 1. The van der Waals surface area contributed by atoms with Crippen LogP contribution < -0.4 is 5.32 Å². The quantitative estimate of drug-likeness (QED) is 0.492. The monoisotopic (exact) mass is 553 g/mol. The maximum Gasteiger partial charge on any atom is 0.451 e. The van der Waals surface area contributed by atoms with Gasteiger partial charge in [-0.1, -0.05) is 12.1 Å². The van der Waals surface area contributed by atoms with Gasteiger partial charge >= 0.3 is 12.2 Å². The smallest absolute Gasteiger partial charge is 0.335 e. The fourth-order valence-electron chi connectivity index (χ4n) is 4.35. The lowest BCUT2D eigenvalue weighted by Crippen LogP contribution is -2.66. The number of hydrogen-bond acceptors (Lipinski definition) is 9. The van der Waals surface area contributed by atoms with Crippen molar-refractivity contribution >= 4 is 30.0 Å². The van der Waals surface area contributed by atoms with Crippen LogP contribution in [0.25, 0.3) is 11.3 Å². The van der Waals surface area contributed by atoms with E-state index in [0.717, 1.165) is 17.3 Å². The molecule has 1 saturated heterocycles. The molecule has 12 nitrogen and oxygen atoms in total. The molecule has 1 N–H and O–H groups in total. The molecule has 5 rings (SSSR count). The van der Waals surface area contributed by atoms with Crippen LogP contribution in [0.5, 0.6) is 0 Å². The van der Waals surface area contributed by atoms with Gasteiger partial charge in [-0.25, -0.2) is 24.7 Å². The summed E-state index contributed by atoms with van der Waals surface area (Å²) in [5, 5.41) is 2.66. The zero-order valence-electron chi connectivity index (χ0n) is 21.1. The number of anilines is 1. The third kappa shape index (κ3) is 5.04. The van der Waals surface area contributed by atoms with E-state index in [1.165, 1.54) is 35.3 Å². The lowest BCUT2D eigenvalue weighted by atomic mass is 10.1. The second-order valence-electron chi connectivity index (χ2n) is 9.08. The van der Waals surface area contributed by atoms with Gasteiger partial charge in [-0.3, -0.25) is 19.5 Å². The van der Waals surface area contributed by atoms with Crippen molar-refractivity contribution < 1.29 is 27.6 Å². The molecule has 0 saturated carbocycles. The first-order chi connectivity index (χ1) is 19.0. The molecule has 0 spiro atoms. The van der Waals surface area contributed by atoms with Crippen LogP contribution in [0.15, 0.2) is 60.0 Å². The van der Waals surface area contributed by atoms with Gasteiger partial charge in [0, 0.05) is 31.2 Å². The summed E-state index contributed by atoms with van der Waals surface area (Å²) in [7, 11) is 1.53. The van der Waals surface area contributed by atoms with E-state index in [0.29, 0.717) is 5.69 Å². The zero-order valence-corrected chi connectivity index (χ0v) is 21.1. The number of pyridine rings is 2. The van der Waals surface area contributed by atoms with Gasteiger partial charge in [0.25, 0.3) is 5.91 Å². The first-order valence-electron chi connectivity index (χ1n) is 12.0. The number of likely N-dealkylation sites (N-methyl/N-ethyl adjacent to an activating group) is 1. The number of carbonyl (C=O) groups excluding carboxylic acids is 3. The Morgan fingerprint density at radius 3 is 2.50 bits per heavy atom. The molecule has 0 bridgehead atoms. The lowest BCUT2D eigenvalue weighted by molar-refractivity contribution is -0.145. The topological polar surface area (TPSA) is 137 Å². The van der Waals surface area contributed by atoms with Gasteiger partial charge in [0.1, 0.15) is 11.9 Å². The second-order valence-corrected chi connectivity index (χ2v) is 9.08. The fourth-order valence-corrected chi connectivity index (χ4v) is 4.35. The van der Waals surface area contributed by atoms with Crippen molar-refractivity contribution in [2.24, 2.45) is 4.99 Å². The van der Waals surface area contributed by atoms with Gasteiger partial charge in [-0.15, -0.1) is 0 Å². The number of urea groups is 1. The summed E-state index contributed by atoms with van der Waals surface area (Å²) < 4.78 is 38.3. The summed E-state index contributed by atoms with van der Waals surface area (Å²) in [6, 6.07) is 7.41. The third-order valence-corrected chi connectivity index (χ3v) is 6.48. The van der Waals surface area contributed by atoms with Crippen LogP contribution in [0, 0.1) is 0 Å². The maximum atomic E-state index is 13.5. The minimum atomic E-state index is -4.67.